The minimum atomic E-state index is -1.38. The molecule has 0 amide bonds. The highest BCUT2D eigenvalue weighted by atomic mass is 19.1. The highest BCUT2D eigenvalue weighted by molar-refractivity contribution is 5.93. The lowest BCUT2D eigenvalue weighted by Gasteiger charge is -2.12. The SMILES string of the molecule is COc1ccc(F)c2c1cc(C)n2CCNc1cc(-c2ccc(C(=O)O)c([N+](=O)[O-])c2)ncn1. The molecule has 4 rings (SSSR count). The van der Waals surface area contributed by atoms with Crippen LogP contribution in [-0.4, -0.2) is 44.2 Å². The van der Waals surface area contributed by atoms with Crippen LogP contribution in [-0.2, 0) is 6.54 Å². The third kappa shape index (κ3) is 4.22. The molecule has 0 atom stereocenters. The lowest BCUT2D eigenvalue weighted by atomic mass is 10.1. The fourth-order valence-electron chi connectivity index (χ4n) is 3.84. The van der Waals surface area contributed by atoms with Gasteiger partial charge in [-0.15, -0.1) is 0 Å². The average molecular weight is 465 g/mol. The van der Waals surface area contributed by atoms with Gasteiger partial charge in [0.15, 0.2) is 0 Å². The van der Waals surface area contributed by atoms with Gasteiger partial charge in [-0.05, 0) is 31.2 Å². The van der Waals surface area contributed by atoms with Gasteiger partial charge in [-0.25, -0.2) is 19.2 Å². The number of rotatable bonds is 8. The number of carboxylic acid groups (broad SMARTS) is 1. The maximum atomic E-state index is 14.5. The number of nitro groups is 1. The molecule has 0 radical (unpaired) electrons. The monoisotopic (exact) mass is 465 g/mol. The lowest BCUT2D eigenvalue weighted by molar-refractivity contribution is -0.385. The van der Waals surface area contributed by atoms with Crippen molar-refractivity contribution in [1.29, 1.82) is 0 Å². The van der Waals surface area contributed by atoms with Crippen LogP contribution in [0.3, 0.4) is 0 Å². The number of nitrogens with zero attached hydrogens (tertiary/aromatic N) is 4. The highest BCUT2D eigenvalue weighted by Crippen LogP contribution is 2.31. The molecule has 34 heavy (non-hydrogen) atoms. The van der Waals surface area contributed by atoms with Crippen LogP contribution in [0.2, 0.25) is 0 Å². The van der Waals surface area contributed by atoms with Gasteiger partial charge in [0.25, 0.3) is 5.69 Å². The molecule has 0 fully saturated rings. The lowest BCUT2D eigenvalue weighted by Crippen LogP contribution is -2.13. The molecule has 0 saturated heterocycles. The van der Waals surface area contributed by atoms with Gasteiger partial charge in [-0.3, -0.25) is 10.1 Å². The van der Waals surface area contributed by atoms with Crippen LogP contribution < -0.4 is 10.1 Å². The first-order chi connectivity index (χ1) is 16.3. The van der Waals surface area contributed by atoms with E-state index in [-0.39, 0.29) is 5.82 Å². The second-order valence-electron chi connectivity index (χ2n) is 7.46. The molecule has 2 heterocycles. The van der Waals surface area contributed by atoms with Crippen molar-refractivity contribution in [2.24, 2.45) is 0 Å². The summed E-state index contributed by atoms with van der Waals surface area (Å²) in [4.78, 5) is 30.1. The van der Waals surface area contributed by atoms with E-state index in [2.05, 4.69) is 15.3 Å². The van der Waals surface area contributed by atoms with Gasteiger partial charge in [0.05, 0.1) is 23.2 Å². The van der Waals surface area contributed by atoms with Gasteiger partial charge < -0.3 is 19.7 Å². The van der Waals surface area contributed by atoms with Gasteiger partial charge in [0, 0.05) is 41.9 Å². The van der Waals surface area contributed by atoms with Crippen molar-refractivity contribution >= 4 is 28.4 Å². The molecule has 0 aliphatic rings. The first-order valence-electron chi connectivity index (χ1n) is 10.2. The van der Waals surface area contributed by atoms with Crippen LogP contribution in [0.15, 0.2) is 48.8 Å². The zero-order valence-corrected chi connectivity index (χ0v) is 18.3. The van der Waals surface area contributed by atoms with Crippen molar-refractivity contribution in [3.05, 3.63) is 76.0 Å². The van der Waals surface area contributed by atoms with E-state index in [1.807, 2.05) is 17.6 Å². The number of aromatic nitrogens is 3. The summed E-state index contributed by atoms with van der Waals surface area (Å²) in [7, 11) is 1.54. The van der Waals surface area contributed by atoms with Crippen LogP contribution >= 0.6 is 0 Å². The Labute approximate surface area is 192 Å². The number of hydrogen-bond acceptors (Lipinski definition) is 7. The normalized spacial score (nSPS) is 10.9. The van der Waals surface area contributed by atoms with E-state index in [0.717, 1.165) is 5.69 Å². The Morgan fingerprint density at radius 1 is 1.24 bits per heavy atom. The quantitative estimate of drug-likeness (QED) is 0.291. The molecular weight excluding hydrogens is 445 g/mol. The topological polar surface area (TPSA) is 132 Å². The number of carboxylic acids is 1. The number of methoxy groups -OCH3 is 1. The number of ether oxygens (including phenoxy) is 1. The van der Waals surface area contributed by atoms with E-state index in [1.54, 1.807) is 12.1 Å². The van der Waals surface area contributed by atoms with E-state index in [0.29, 0.717) is 46.8 Å². The van der Waals surface area contributed by atoms with E-state index >= 15 is 0 Å². The Kier molecular flexibility index (Phi) is 6.09. The molecule has 0 aliphatic carbocycles. The van der Waals surface area contributed by atoms with Crippen LogP contribution in [0.5, 0.6) is 5.75 Å². The molecule has 11 heteroatoms. The summed E-state index contributed by atoms with van der Waals surface area (Å²) in [6, 6.07) is 10.2. The van der Waals surface area contributed by atoms with Crippen molar-refractivity contribution in [1.82, 2.24) is 14.5 Å². The van der Waals surface area contributed by atoms with Crippen molar-refractivity contribution in [3.8, 4) is 17.0 Å². The number of benzene rings is 2. The largest absolute Gasteiger partial charge is 0.496 e. The third-order valence-corrected chi connectivity index (χ3v) is 5.43. The number of fused-ring (bicyclic) bond motifs is 1. The fraction of sp³-hybridized carbons (Fsp3) is 0.174. The molecule has 0 bridgehead atoms. The molecular formula is C23H20FN5O5. The number of halogens is 1. The summed E-state index contributed by atoms with van der Waals surface area (Å²) in [5.74, 6) is -0.679. The highest BCUT2D eigenvalue weighted by Gasteiger charge is 2.21. The number of nitrogens with one attached hydrogen (secondary N) is 1. The number of anilines is 1. The van der Waals surface area contributed by atoms with Gasteiger partial charge in [0.1, 0.15) is 29.3 Å². The van der Waals surface area contributed by atoms with Gasteiger partial charge in [-0.2, -0.15) is 0 Å². The molecule has 10 nitrogen and oxygen atoms in total. The summed E-state index contributed by atoms with van der Waals surface area (Å²) in [6.45, 7) is 2.74. The summed E-state index contributed by atoms with van der Waals surface area (Å²) < 4.78 is 21.7. The molecule has 4 aromatic rings. The number of aryl methyl sites for hydroxylation is 1. The number of hydrogen-bond donors (Lipinski definition) is 2. The average Bonchev–Trinajstić information content (AvgIpc) is 3.16. The van der Waals surface area contributed by atoms with Gasteiger partial charge in [0.2, 0.25) is 0 Å². The Balaban J connectivity index is 1.55. The van der Waals surface area contributed by atoms with E-state index in [1.165, 1.54) is 37.7 Å². The molecule has 2 N–H and O–H groups in total. The Morgan fingerprint density at radius 2 is 2.03 bits per heavy atom. The first kappa shape index (κ1) is 22.6. The van der Waals surface area contributed by atoms with Crippen LogP contribution in [0.1, 0.15) is 16.1 Å². The van der Waals surface area contributed by atoms with E-state index in [9.17, 15) is 19.3 Å². The van der Waals surface area contributed by atoms with Gasteiger partial charge >= 0.3 is 5.97 Å². The minimum Gasteiger partial charge on any atom is -0.496 e. The number of aromatic carboxylic acids is 1. The third-order valence-electron chi connectivity index (χ3n) is 5.43. The smallest absolute Gasteiger partial charge is 0.342 e. The molecule has 0 spiro atoms. The number of nitro benzene ring substituents is 1. The maximum absolute atomic E-state index is 14.5. The van der Waals surface area contributed by atoms with Crippen LogP contribution in [0, 0.1) is 22.9 Å². The molecule has 0 aliphatic heterocycles. The van der Waals surface area contributed by atoms with E-state index < -0.39 is 22.1 Å². The molecule has 0 unspecified atom stereocenters. The van der Waals surface area contributed by atoms with Crippen LogP contribution in [0.25, 0.3) is 22.2 Å². The van der Waals surface area contributed by atoms with Crippen molar-refractivity contribution in [2.45, 2.75) is 13.5 Å². The molecule has 0 saturated carbocycles. The molecule has 2 aromatic carbocycles. The predicted molar refractivity (Wildman–Crippen MR) is 123 cm³/mol. The maximum Gasteiger partial charge on any atom is 0.342 e. The second-order valence-corrected chi connectivity index (χ2v) is 7.46. The zero-order valence-electron chi connectivity index (χ0n) is 18.3. The Morgan fingerprint density at radius 3 is 2.74 bits per heavy atom. The van der Waals surface area contributed by atoms with Crippen molar-refractivity contribution < 1.29 is 24.0 Å². The van der Waals surface area contributed by atoms with Crippen LogP contribution in [0.4, 0.5) is 15.9 Å². The van der Waals surface area contributed by atoms with E-state index in [4.69, 9.17) is 9.84 Å². The summed E-state index contributed by atoms with van der Waals surface area (Å²) >= 11 is 0. The standard InChI is InChI=1S/C23H20FN5O5/c1-13-9-16-20(34-2)6-5-17(24)22(16)28(13)8-7-25-21-11-18(26-12-27-21)14-3-4-15(23(30)31)19(10-14)29(32)33/h3-6,9-12H,7-8H2,1-2H3,(H,30,31)(H,25,26,27). The molecule has 2 aromatic heterocycles. The second kappa shape index (κ2) is 9.14. The predicted octanol–water partition coefficient (Wildman–Crippen LogP) is 4.27. The minimum absolute atomic E-state index is 0.348. The van der Waals surface area contributed by atoms with Crippen molar-refractivity contribution in [2.75, 3.05) is 19.0 Å². The summed E-state index contributed by atoms with van der Waals surface area (Å²) in [5, 5.41) is 24.3. The van der Waals surface area contributed by atoms with Crippen molar-refractivity contribution in [3.63, 3.8) is 0 Å². The zero-order chi connectivity index (χ0) is 24.4. The molecule has 174 valence electrons. The Hall–Kier alpha value is -4.54. The van der Waals surface area contributed by atoms with Gasteiger partial charge in [-0.1, -0.05) is 6.07 Å². The summed E-state index contributed by atoms with van der Waals surface area (Å²) in [5.41, 5.74) is 1.16. The fourth-order valence-corrected chi connectivity index (χ4v) is 3.84. The Bertz CT molecular complexity index is 1420. The summed E-state index contributed by atoms with van der Waals surface area (Å²) in [6.07, 6.45) is 1.30. The number of carbonyl (C=O) groups is 1. The first-order valence-corrected chi connectivity index (χ1v) is 10.2.